The Labute approximate surface area is 163 Å². The van der Waals surface area contributed by atoms with Crippen molar-refractivity contribution in [2.75, 3.05) is 5.32 Å². The van der Waals surface area contributed by atoms with Crippen molar-refractivity contribution < 1.29 is 9.59 Å². The average molecular weight is 385 g/mol. The van der Waals surface area contributed by atoms with E-state index in [0.717, 1.165) is 47.7 Å². The summed E-state index contributed by atoms with van der Waals surface area (Å²) in [7, 11) is 0. The zero-order chi connectivity index (χ0) is 18.8. The zero-order valence-corrected chi connectivity index (χ0v) is 16.2. The van der Waals surface area contributed by atoms with Crippen LogP contribution in [0.1, 0.15) is 43.9 Å². The Morgan fingerprint density at radius 2 is 1.89 bits per heavy atom. The number of nitrogens with one attached hydrogen (secondary N) is 2. The minimum Gasteiger partial charge on any atom is -0.345 e. The van der Waals surface area contributed by atoms with E-state index in [4.69, 9.17) is 0 Å². The number of para-hydroxylation sites is 1. The van der Waals surface area contributed by atoms with Gasteiger partial charge < -0.3 is 10.6 Å². The number of hydrogen-bond donors (Lipinski definition) is 2. The van der Waals surface area contributed by atoms with E-state index in [0.29, 0.717) is 11.7 Å². The summed E-state index contributed by atoms with van der Waals surface area (Å²) in [5, 5.41) is 10.4. The summed E-state index contributed by atoms with van der Waals surface area (Å²) in [4.78, 5) is 25.1. The Balaban J connectivity index is 1.53. The molecule has 1 aromatic carbocycles. The molecule has 1 saturated carbocycles. The molecule has 0 saturated heterocycles. The second-order valence-electron chi connectivity index (χ2n) is 7.31. The van der Waals surface area contributed by atoms with Crippen LogP contribution < -0.4 is 10.6 Å². The molecular formula is C20H24N4O2S. The van der Waals surface area contributed by atoms with Crippen molar-refractivity contribution in [2.24, 2.45) is 5.92 Å². The van der Waals surface area contributed by atoms with Crippen LogP contribution in [0, 0.1) is 5.92 Å². The van der Waals surface area contributed by atoms with Gasteiger partial charge in [-0.2, -0.15) is 16.9 Å². The number of rotatable bonds is 3. The minimum absolute atomic E-state index is 0.0808. The number of carbonyl (C=O) groups is 2. The van der Waals surface area contributed by atoms with Crippen molar-refractivity contribution in [2.45, 2.75) is 50.2 Å². The van der Waals surface area contributed by atoms with Crippen molar-refractivity contribution in [1.29, 1.82) is 0 Å². The molecule has 1 aliphatic heterocycles. The van der Waals surface area contributed by atoms with Gasteiger partial charge in [0.1, 0.15) is 5.82 Å². The van der Waals surface area contributed by atoms with Crippen molar-refractivity contribution in [3.8, 4) is 5.69 Å². The lowest BCUT2D eigenvalue weighted by Crippen LogP contribution is -2.46. The highest BCUT2D eigenvalue weighted by atomic mass is 32.2. The number of thioether (sulfide) groups is 1. The van der Waals surface area contributed by atoms with Crippen LogP contribution in [0.4, 0.5) is 5.82 Å². The first-order chi connectivity index (χ1) is 13.1. The molecule has 1 fully saturated rings. The van der Waals surface area contributed by atoms with Crippen LogP contribution in [0.3, 0.4) is 0 Å². The Kier molecular flexibility index (Phi) is 5.20. The summed E-state index contributed by atoms with van der Waals surface area (Å²) in [5.41, 5.74) is 2.85. The van der Waals surface area contributed by atoms with Gasteiger partial charge in [-0.25, -0.2) is 4.68 Å². The molecule has 2 N–H and O–H groups in total. The maximum atomic E-state index is 12.6. The van der Waals surface area contributed by atoms with Gasteiger partial charge in [0.2, 0.25) is 0 Å². The number of nitrogens with zero attached hydrogens (tertiary/aromatic N) is 2. The molecule has 6 nitrogen and oxygen atoms in total. The van der Waals surface area contributed by atoms with E-state index in [1.807, 2.05) is 30.3 Å². The average Bonchev–Trinajstić information content (AvgIpc) is 3.27. The third kappa shape index (κ3) is 3.74. The number of fused-ring (bicyclic) bond motifs is 1. The molecular weight excluding hydrogens is 360 g/mol. The number of hydrogen-bond acceptors (Lipinski definition) is 4. The van der Waals surface area contributed by atoms with Crippen LogP contribution in [0.5, 0.6) is 0 Å². The van der Waals surface area contributed by atoms with Crippen LogP contribution in [0.15, 0.2) is 30.3 Å². The molecule has 0 unspecified atom stereocenters. The number of benzene rings is 1. The van der Waals surface area contributed by atoms with Gasteiger partial charge in [-0.1, -0.05) is 38.0 Å². The largest absolute Gasteiger partial charge is 0.345 e. The maximum Gasteiger partial charge on any atom is 0.314 e. The Morgan fingerprint density at radius 1 is 1.11 bits per heavy atom. The SMILES string of the molecule is C[C@@H]1CCCC[C@H]1NC(=O)C(=O)Nc1c2c(nn1-c1ccccc1)CSC2. The predicted octanol–water partition coefficient (Wildman–Crippen LogP) is 3.25. The third-order valence-corrected chi connectivity index (χ3v) is 6.39. The standard InChI is InChI=1S/C20H24N4O2S/c1-13-7-5-6-10-16(13)21-19(25)20(26)22-18-15-11-27-12-17(15)23-24(18)14-8-3-2-4-9-14/h2-4,8-9,13,16H,5-7,10-12H2,1H3,(H,21,25)(H,22,26)/t13-,16-/m1/s1. The van der Waals surface area contributed by atoms with Crippen LogP contribution in [-0.2, 0) is 21.1 Å². The Hall–Kier alpha value is -2.28. The molecule has 1 aromatic heterocycles. The first-order valence-corrected chi connectivity index (χ1v) is 10.6. The van der Waals surface area contributed by atoms with Crippen molar-refractivity contribution in [3.63, 3.8) is 0 Å². The Morgan fingerprint density at radius 3 is 2.67 bits per heavy atom. The van der Waals surface area contributed by atoms with Gasteiger partial charge >= 0.3 is 11.8 Å². The Bertz CT molecular complexity index is 849. The fraction of sp³-hybridized carbons (Fsp3) is 0.450. The molecule has 0 bridgehead atoms. The second kappa shape index (κ2) is 7.76. The molecule has 7 heteroatoms. The molecule has 2 amide bonds. The van der Waals surface area contributed by atoms with Gasteiger partial charge in [0.15, 0.2) is 0 Å². The van der Waals surface area contributed by atoms with Crippen LogP contribution in [-0.4, -0.2) is 27.6 Å². The fourth-order valence-electron chi connectivity index (χ4n) is 3.83. The smallest absolute Gasteiger partial charge is 0.314 e. The molecule has 2 aromatic rings. The lowest BCUT2D eigenvalue weighted by Gasteiger charge is -2.29. The molecule has 2 atom stereocenters. The molecule has 4 rings (SSSR count). The number of aromatic nitrogens is 2. The lowest BCUT2D eigenvalue weighted by atomic mass is 9.86. The van der Waals surface area contributed by atoms with E-state index in [1.165, 1.54) is 6.42 Å². The van der Waals surface area contributed by atoms with E-state index >= 15 is 0 Å². The van der Waals surface area contributed by atoms with E-state index in [9.17, 15) is 9.59 Å². The first kappa shape index (κ1) is 18.1. The molecule has 2 aliphatic rings. The predicted molar refractivity (Wildman–Crippen MR) is 107 cm³/mol. The van der Waals surface area contributed by atoms with Crippen LogP contribution in [0.25, 0.3) is 5.69 Å². The number of amides is 2. The molecule has 0 spiro atoms. The van der Waals surface area contributed by atoms with Gasteiger partial charge in [0.25, 0.3) is 0 Å². The molecule has 27 heavy (non-hydrogen) atoms. The summed E-state index contributed by atoms with van der Waals surface area (Å²) < 4.78 is 1.73. The van der Waals surface area contributed by atoms with Crippen molar-refractivity contribution >= 4 is 29.4 Å². The van der Waals surface area contributed by atoms with Crippen LogP contribution in [0.2, 0.25) is 0 Å². The highest BCUT2D eigenvalue weighted by Crippen LogP contribution is 2.36. The maximum absolute atomic E-state index is 12.6. The molecule has 1 aliphatic carbocycles. The normalized spacial score (nSPS) is 21.5. The highest BCUT2D eigenvalue weighted by Gasteiger charge is 2.29. The molecule has 0 radical (unpaired) electrons. The molecule has 142 valence electrons. The third-order valence-electron chi connectivity index (χ3n) is 5.42. The minimum atomic E-state index is -0.621. The van der Waals surface area contributed by atoms with Gasteiger partial charge in [0.05, 0.1) is 11.4 Å². The van der Waals surface area contributed by atoms with E-state index < -0.39 is 11.8 Å². The monoisotopic (exact) mass is 384 g/mol. The van der Waals surface area contributed by atoms with Gasteiger partial charge in [0, 0.05) is 23.1 Å². The highest BCUT2D eigenvalue weighted by molar-refractivity contribution is 7.98. The summed E-state index contributed by atoms with van der Waals surface area (Å²) in [6, 6.07) is 9.76. The van der Waals surface area contributed by atoms with Gasteiger partial charge in [-0.3, -0.25) is 9.59 Å². The van der Waals surface area contributed by atoms with E-state index in [-0.39, 0.29) is 6.04 Å². The van der Waals surface area contributed by atoms with E-state index in [1.54, 1.807) is 16.4 Å². The van der Waals surface area contributed by atoms with Crippen molar-refractivity contribution in [1.82, 2.24) is 15.1 Å². The topological polar surface area (TPSA) is 76.0 Å². The summed E-state index contributed by atoms with van der Waals surface area (Å²) >= 11 is 1.76. The summed E-state index contributed by atoms with van der Waals surface area (Å²) in [6.07, 6.45) is 4.33. The fourth-order valence-corrected chi connectivity index (χ4v) is 4.86. The van der Waals surface area contributed by atoms with Crippen LogP contribution >= 0.6 is 11.8 Å². The lowest BCUT2D eigenvalue weighted by molar-refractivity contribution is -0.137. The van der Waals surface area contributed by atoms with Crippen molar-refractivity contribution in [3.05, 3.63) is 41.6 Å². The van der Waals surface area contributed by atoms with E-state index in [2.05, 4.69) is 22.7 Å². The quantitative estimate of drug-likeness (QED) is 0.797. The van der Waals surface area contributed by atoms with Gasteiger partial charge in [-0.05, 0) is 30.9 Å². The number of carbonyl (C=O) groups excluding carboxylic acids is 2. The summed E-state index contributed by atoms with van der Waals surface area (Å²) in [5.74, 6) is 1.45. The second-order valence-corrected chi connectivity index (χ2v) is 8.30. The summed E-state index contributed by atoms with van der Waals surface area (Å²) in [6.45, 7) is 2.14. The first-order valence-electron chi connectivity index (χ1n) is 9.49. The molecule has 2 heterocycles. The number of anilines is 1. The van der Waals surface area contributed by atoms with Gasteiger partial charge in [-0.15, -0.1) is 0 Å². The zero-order valence-electron chi connectivity index (χ0n) is 15.4.